The Balaban J connectivity index is 0.00000162. The van der Waals surface area contributed by atoms with Gasteiger partial charge in [-0.2, -0.15) is 0 Å². The van der Waals surface area contributed by atoms with Crippen LogP contribution in [0.3, 0.4) is 0 Å². The van der Waals surface area contributed by atoms with Crippen LogP contribution >= 0.6 is 48.0 Å². The van der Waals surface area contributed by atoms with Crippen LogP contribution in [0.1, 0.15) is 6.42 Å². The molecule has 0 aromatic heterocycles. The monoisotopic (exact) mass is 344 g/mol. The summed E-state index contributed by atoms with van der Waals surface area (Å²) in [5, 5.41) is 0.800. The number of hydrogen-bond acceptors (Lipinski definition) is 2. The van der Waals surface area contributed by atoms with Crippen molar-refractivity contribution in [2.45, 2.75) is 6.42 Å². The SMILES string of the molecule is Cl.Cl.ClCCCN1CCN(c2ccc(Cl)cc2)CC1. The van der Waals surface area contributed by atoms with E-state index in [0.29, 0.717) is 0 Å². The number of hydrogen-bond donors (Lipinski definition) is 0. The van der Waals surface area contributed by atoms with Crippen LogP contribution in [0, 0.1) is 0 Å². The molecule has 1 aliphatic heterocycles. The Morgan fingerprint density at radius 3 is 2.05 bits per heavy atom. The first kappa shape index (κ1) is 19.1. The summed E-state index contributed by atoms with van der Waals surface area (Å²) in [5.41, 5.74) is 1.27. The molecule has 6 heteroatoms. The van der Waals surface area contributed by atoms with Crippen LogP contribution in [0.5, 0.6) is 0 Å². The van der Waals surface area contributed by atoms with Crippen molar-refractivity contribution in [3.05, 3.63) is 29.3 Å². The maximum absolute atomic E-state index is 5.89. The minimum atomic E-state index is 0. The zero-order chi connectivity index (χ0) is 12.1. The lowest BCUT2D eigenvalue weighted by atomic mass is 10.2. The van der Waals surface area contributed by atoms with E-state index in [1.165, 1.54) is 5.69 Å². The second-order valence-corrected chi connectivity index (χ2v) is 5.16. The maximum atomic E-state index is 5.89. The average molecular weight is 346 g/mol. The van der Waals surface area contributed by atoms with Gasteiger partial charge in [-0.15, -0.1) is 36.4 Å². The average Bonchev–Trinajstić information content (AvgIpc) is 2.38. The minimum absolute atomic E-state index is 0. The molecular weight excluding hydrogens is 326 g/mol. The van der Waals surface area contributed by atoms with Gasteiger partial charge in [0, 0.05) is 42.8 Å². The molecular formula is C13H20Cl4N2. The molecule has 1 fully saturated rings. The van der Waals surface area contributed by atoms with Gasteiger partial charge in [-0.3, -0.25) is 4.90 Å². The van der Waals surface area contributed by atoms with E-state index in [0.717, 1.165) is 50.0 Å². The summed E-state index contributed by atoms with van der Waals surface area (Å²) >= 11 is 11.6. The molecule has 0 unspecified atom stereocenters. The van der Waals surface area contributed by atoms with Crippen LogP contribution < -0.4 is 4.90 Å². The van der Waals surface area contributed by atoms with E-state index < -0.39 is 0 Å². The van der Waals surface area contributed by atoms with Gasteiger partial charge in [0.2, 0.25) is 0 Å². The smallest absolute Gasteiger partial charge is 0.0407 e. The van der Waals surface area contributed by atoms with E-state index in [1.807, 2.05) is 12.1 Å². The normalized spacial score (nSPS) is 15.6. The molecule has 0 amide bonds. The first-order valence-electron chi connectivity index (χ1n) is 6.08. The summed E-state index contributed by atoms with van der Waals surface area (Å²) in [7, 11) is 0. The number of alkyl halides is 1. The van der Waals surface area contributed by atoms with E-state index in [2.05, 4.69) is 21.9 Å². The number of anilines is 1. The molecule has 1 heterocycles. The van der Waals surface area contributed by atoms with Crippen LogP contribution in [0.2, 0.25) is 5.02 Å². The fourth-order valence-corrected chi connectivity index (χ4v) is 2.41. The van der Waals surface area contributed by atoms with Crippen LogP contribution in [0.15, 0.2) is 24.3 Å². The van der Waals surface area contributed by atoms with E-state index in [-0.39, 0.29) is 24.8 Å². The molecule has 0 N–H and O–H groups in total. The lowest BCUT2D eigenvalue weighted by molar-refractivity contribution is 0.259. The molecule has 0 bridgehead atoms. The van der Waals surface area contributed by atoms with Crippen molar-refractivity contribution in [3.8, 4) is 0 Å². The molecule has 2 rings (SSSR count). The fourth-order valence-electron chi connectivity index (χ4n) is 2.16. The molecule has 0 saturated carbocycles. The largest absolute Gasteiger partial charge is 0.369 e. The molecule has 110 valence electrons. The Morgan fingerprint density at radius 1 is 0.947 bits per heavy atom. The maximum Gasteiger partial charge on any atom is 0.0407 e. The summed E-state index contributed by atoms with van der Waals surface area (Å²) in [4.78, 5) is 4.89. The Morgan fingerprint density at radius 2 is 1.53 bits per heavy atom. The van der Waals surface area contributed by atoms with E-state index in [9.17, 15) is 0 Å². The first-order valence-corrected chi connectivity index (χ1v) is 6.99. The zero-order valence-corrected chi connectivity index (χ0v) is 13.9. The molecule has 0 spiro atoms. The van der Waals surface area contributed by atoms with Crippen LogP contribution in [-0.4, -0.2) is 43.5 Å². The van der Waals surface area contributed by atoms with Gasteiger partial charge in [0.15, 0.2) is 0 Å². The third-order valence-electron chi connectivity index (χ3n) is 3.17. The van der Waals surface area contributed by atoms with Gasteiger partial charge < -0.3 is 4.90 Å². The molecule has 1 aromatic carbocycles. The number of benzene rings is 1. The van der Waals surface area contributed by atoms with Crippen molar-refractivity contribution < 1.29 is 0 Å². The first-order chi connectivity index (χ1) is 8.29. The van der Waals surface area contributed by atoms with Gasteiger partial charge in [-0.05, 0) is 37.2 Å². The highest BCUT2D eigenvalue weighted by Gasteiger charge is 2.16. The molecule has 1 aliphatic rings. The summed E-state index contributed by atoms with van der Waals surface area (Å²) in [6, 6.07) is 8.10. The van der Waals surface area contributed by atoms with Gasteiger partial charge >= 0.3 is 0 Å². The Kier molecular flexibility index (Phi) is 10.0. The van der Waals surface area contributed by atoms with Crippen LogP contribution in [0.4, 0.5) is 5.69 Å². The molecule has 1 saturated heterocycles. The van der Waals surface area contributed by atoms with E-state index in [4.69, 9.17) is 23.2 Å². The van der Waals surface area contributed by atoms with E-state index >= 15 is 0 Å². The topological polar surface area (TPSA) is 6.48 Å². The lowest BCUT2D eigenvalue weighted by Gasteiger charge is -2.36. The lowest BCUT2D eigenvalue weighted by Crippen LogP contribution is -2.46. The van der Waals surface area contributed by atoms with Gasteiger partial charge in [0.25, 0.3) is 0 Å². The van der Waals surface area contributed by atoms with E-state index in [1.54, 1.807) is 0 Å². The number of nitrogens with zero attached hydrogens (tertiary/aromatic N) is 2. The van der Waals surface area contributed by atoms with Crippen molar-refractivity contribution in [1.82, 2.24) is 4.90 Å². The van der Waals surface area contributed by atoms with Crippen LogP contribution in [0.25, 0.3) is 0 Å². The summed E-state index contributed by atoms with van der Waals surface area (Å²) in [5.74, 6) is 0.761. The molecule has 0 aliphatic carbocycles. The second kappa shape index (κ2) is 9.95. The molecule has 1 aromatic rings. The third kappa shape index (κ3) is 5.97. The highest BCUT2D eigenvalue weighted by Crippen LogP contribution is 2.19. The van der Waals surface area contributed by atoms with Crippen molar-refractivity contribution in [2.24, 2.45) is 0 Å². The van der Waals surface area contributed by atoms with Crippen molar-refractivity contribution in [1.29, 1.82) is 0 Å². The summed E-state index contributed by atoms with van der Waals surface area (Å²) in [6.07, 6.45) is 1.09. The fraction of sp³-hybridized carbons (Fsp3) is 0.538. The number of piperazine rings is 1. The third-order valence-corrected chi connectivity index (χ3v) is 3.69. The number of halogens is 4. The van der Waals surface area contributed by atoms with Crippen molar-refractivity contribution in [2.75, 3.05) is 43.5 Å². The Bertz CT molecular complexity index is 337. The van der Waals surface area contributed by atoms with Crippen molar-refractivity contribution in [3.63, 3.8) is 0 Å². The van der Waals surface area contributed by atoms with Crippen molar-refractivity contribution >= 4 is 53.7 Å². The predicted octanol–water partition coefficient (Wildman–Crippen LogP) is 3.93. The number of rotatable bonds is 4. The highest BCUT2D eigenvalue weighted by molar-refractivity contribution is 6.30. The highest BCUT2D eigenvalue weighted by atomic mass is 35.5. The molecule has 19 heavy (non-hydrogen) atoms. The summed E-state index contributed by atoms with van der Waals surface area (Å²) < 4.78 is 0. The Labute approximate surface area is 137 Å². The molecule has 2 nitrogen and oxygen atoms in total. The second-order valence-electron chi connectivity index (χ2n) is 4.35. The predicted molar refractivity (Wildman–Crippen MR) is 89.9 cm³/mol. The standard InChI is InChI=1S/C13H18Cl2N2.2ClH/c14-6-1-7-16-8-10-17(11-9-16)13-4-2-12(15)3-5-13;;/h2-5H,1,6-11H2;2*1H. The van der Waals surface area contributed by atoms with Gasteiger partial charge in [0.05, 0.1) is 0 Å². The van der Waals surface area contributed by atoms with Gasteiger partial charge in [-0.25, -0.2) is 0 Å². The van der Waals surface area contributed by atoms with Gasteiger partial charge in [0.1, 0.15) is 0 Å². The van der Waals surface area contributed by atoms with Crippen LogP contribution in [-0.2, 0) is 0 Å². The summed E-state index contributed by atoms with van der Waals surface area (Å²) in [6.45, 7) is 5.55. The van der Waals surface area contributed by atoms with Gasteiger partial charge in [-0.1, -0.05) is 11.6 Å². The minimum Gasteiger partial charge on any atom is -0.369 e. The molecule has 0 atom stereocenters. The zero-order valence-electron chi connectivity index (χ0n) is 10.7. The molecule has 0 radical (unpaired) electrons. The Hall–Kier alpha value is 0.140. The quantitative estimate of drug-likeness (QED) is 0.763.